The van der Waals surface area contributed by atoms with E-state index >= 15 is 0 Å². The number of hydrogen-bond donors (Lipinski definition) is 3. The Hall–Kier alpha value is -1.69. The molecule has 2 aromatic rings. The molecule has 0 radical (unpaired) electrons. The highest BCUT2D eigenvalue weighted by Crippen LogP contribution is 2.25. The van der Waals surface area contributed by atoms with Crippen LogP contribution in [0.3, 0.4) is 0 Å². The number of nitrogens with zero attached hydrogens (tertiary/aromatic N) is 1. The number of aliphatic hydroxyl groups excluding tert-OH is 2. The van der Waals surface area contributed by atoms with Gasteiger partial charge in [-0.2, -0.15) is 0 Å². The molecule has 0 amide bonds. The van der Waals surface area contributed by atoms with E-state index in [0.29, 0.717) is 24.3 Å². The van der Waals surface area contributed by atoms with Crippen molar-refractivity contribution in [1.29, 1.82) is 0 Å². The van der Waals surface area contributed by atoms with Gasteiger partial charge in [-0.1, -0.05) is 35.5 Å². The normalized spacial score (nSPS) is 23.9. The number of rotatable bonds is 4. The van der Waals surface area contributed by atoms with Crippen LogP contribution in [0.2, 0.25) is 0 Å². The minimum atomic E-state index is -0.887. The fourth-order valence-electron chi connectivity index (χ4n) is 2.19. The molecule has 1 saturated carbocycles. The zero-order chi connectivity index (χ0) is 13.2. The van der Waals surface area contributed by atoms with Crippen molar-refractivity contribution >= 4 is 0 Å². The van der Waals surface area contributed by atoms with E-state index in [4.69, 9.17) is 4.52 Å². The molecular formula is C14H16N2O3. The van der Waals surface area contributed by atoms with Gasteiger partial charge >= 0.3 is 0 Å². The lowest BCUT2D eigenvalue weighted by atomic mass is 9.89. The highest BCUT2D eigenvalue weighted by molar-refractivity contribution is 5.58. The second kappa shape index (κ2) is 5.13. The summed E-state index contributed by atoms with van der Waals surface area (Å²) in [4.78, 5) is 0. The van der Waals surface area contributed by atoms with Crippen LogP contribution in [0.1, 0.15) is 24.8 Å². The summed E-state index contributed by atoms with van der Waals surface area (Å²) >= 11 is 0. The summed E-state index contributed by atoms with van der Waals surface area (Å²) in [5, 5.41) is 26.1. The molecule has 1 atom stereocenters. The van der Waals surface area contributed by atoms with Gasteiger partial charge in [0.2, 0.25) is 0 Å². The van der Waals surface area contributed by atoms with Crippen molar-refractivity contribution in [3.05, 3.63) is 42.2 Å². The number of aliphatic hydroxyl groups is 2. The van der Waals surface area contributed by atoms with E-state index in [1.807, 2.05) is 30.3 Å². The highest BCUT2D eigenvalue weighted by atomic mass is 16.5. The van der Waals surface area contributed by atoms with Crippen LogP contribution in [0.25, 0.3) is 11.3 Å². The zero-order valence-electron chi connectivity index (χ0n) is 10.4. The predicted molar refractivity (Wildman–Crippen MR) is 69.1 cm³/mol. The van der Waals surface area contributed by atoms with Crippen molar-refractivity contribution in [3.8, 4) is 11.3 Å². The lowest BCUT2D eigenvalue weighted by Crippen LogP contribution is -2.45. The van der Waals surface area contributed by atoms with E-state index in [1.54, 1.807) is 6.07 Å². The first kappa shape index (κ1) is 12.3. The van der Waals surface area contributed by atoms with Gasteiger partial charge in [-0.3, -0.25) is 5.32 Å². The van der Waals surface area contributed by atoms with Crippen molar-refractivity contribution in [3.63, 3.8) is 0 Å². The molecule has 3 rings (SSSR count). The molecule has 100 valence electrons. The van der Waals surface area contributed by atoms with Gasteiger partial charge in [0, 0.05) is 17.7 Å². The molecule has 0 saturated heterocycles. The van der Waals surface area contributed by atoms with E-state index in [1.165, 1.54) is 0 Å². The molecular weight excluding hydrogens is 244 g/mol. The molecule has 5 nitrogen and oxygen atoms in total. The Kier molecular flexibility index (Phi) is 3.33. The lowest BCUT2D eigenvalue weighted by Gasteiger charge is -2.33. The Bertz CT molecular complexity index is 535. The molecule has 5 heteroatoms. The molecule has 0 bridgehead atoms. The van der Waals surface area contributed by atoms with E-state index in [9.17, 15) is 10.2 Å². The fourth-order valence-corrected chi connectivity index (χ4v) is 2.19. The SMILES string of the molecule is OC1CC(NC(O)c2cc(-c3ccccc3)no2)C1. The summed E-state index contributed by atoms with van der Waals surface area (Å²) in [6.07, 6.45) is 0.190. The highest BCUT2D eigenvalue weighted by Gasteiger charge is 2.29. The first-order valence-electron chi connectivity index (χ1n) is 6.36. The summed E-state index contributed by atoms with van der Waals surface area (Å²) in [5.41, 5.74) is 1.65. The molecule has 19 heavy (non-hydrogen) atoms. The third-order valence-corrected chi connectivity index (χ3v) is 3.37. The molecule has 1 fully saturated rings. The smallest absolute Gasteiger partial charge is 0.180 e. The quantitative estimate of drug-likeness (QED) is 0.725. The molecule has 1 aliphatic carbocycles. The first-order chi connectivity index (χ1) is 9.22. The maximum Gasteiger partial charge on any atom is 0.180 e. The number of hydrogen-bond acceptors (Lipinski definition) is 5. The van der Waals surface area contributed by atoms with Crippen LogP contribution in [0.5, 0.6) is 0 Å². The monoisotopic (exact) mass is 260 g/mol. The van der Waals surface area contributed by atoms with E-state index in [2.05, 4.69) is 10.5 Å². The summed E-state index contributed by atoms with van der Waals surface area (Å²) in [5.74, 6) is 0.389. The van der Waals surface area contributed by atoms with Crippen LogP contribution in [0.15, 0.2) is 40.9 Å². The summed E-state index contributed by atoms with van der Waals surface area (Å²) in [7, 11) is 0. The third-order valence-electron chi connectivity index (χ3n) is 3.37. The molecule has 1 aromatic carbocycles. The fraction of sp³-hybridized carbons (Fsp3) is 0.357. The average Bonchev–Trinajstić information content (AvgIpc) is 2.87. The van der Waals surface area contributed by atoms with Crippen molar-refractivity contribution < 1.29 is 14.7 Å². The maximum atomic E-state index is 9.98. The molecule has 1 heterocycles. The molecule has 0 aliphatic heterocycles. The van der Waals surface area contributed by atoms with Crippen molar-refractivity contribution in [1.82, 2.24) is 10.5 Å². The Morgan fingerprint density at radius 3 is 2.68 bits per heavy atom. The van der Waals surface area contributed by atoms with Crippen LogP contribution >= 0.6 is 0 Å². The van der Waals surface area contributed by atoms with E-state index in [-0.39, 0.29) is 12.1 Å². The lowest BCUT2D eigenvalue weighted by molar-refractivity contribution is 0.0182. The maximum absolute atomic E-state index is 9.98. The minimum Gasteiger partial charge on any atom is -0.393 e. The van der Waals surface area contributed by atoms with Gasteiger partial charge in [0.25, 0.3) is 0 Å². The zero-order valence-corrected chi connectivity index (χ0v) is 10.4. The van der Waals surface area contributed by atoms with Gasteiger partial charge < -0.3 is 14.7 Å². The summed E-state index contributed by atoms with van der Waals surface area (Å²) in [6, 6.07) is 11.5. The Labute approximate surface area is 110 Å². The second-order valence-corrected chi connectivity index (χ2v) is 4.87. The van der Waals surface area contributed by atoms with Gasteiger partial charge in [-0.25, -0.2) is 0 Å². The van der Waals surface area contributed by atoms with Crippen LogP contribution in [0.4, 0.5) is 0 Å². The van der Waals surface area contributed by atoms with Crippen molar-refractivity contribution in [2.24, 2.45) is 0 Å². The standard InChI is InChI=1S/C14H16N2O3/c17-11-6-10(7-11)15-14(18)13-8-12(16-19-13)9-4-2-1-3-5-9/h1-5,8,10-11,14-15,17-18H,6-7H2. The van der Waals surface area contributed by atoms with Gasteiger partial charge in [-0.15, -0.1) is 0 Å². The number of nitrogens with one attached hydrogen (secondary N) is 1. The van der Waals surface area contributed by atoms with Gasteiger partial charge in [0.1, 0.15) is 5.69 Å². The molecule has 1 aliphatic rings. The molecule has 1 unspecified atom stereocenters. The van der Waals surface area contributed by atoms with Crippen molar-refractivity contribution in [2.45, 2.75) is 31.2 Å². The van der Waals surface area contributed by atoms with Gasteiger partial charge in [0.05, 0.1) is 6.10 Å². The molecule has 0 spiro atoms. The first-order valence-corrected chi connectivity index (χ1v) is 6.36. The topological polar surface area (TPSA) is 78.5 Å². The van der Waals surface area contributed by atoms with Crippen LogP contribution in [-0.2, 0) is 0 Å². The summed E-state index contributed by atoms with van der Waals surface area (Å²) in [6.45, 7) is 0. The van der Waals surface area contributed by atoms with E-state index in [0.717, 1.165) is 5.56 Å². The molecule has 1 aromatic heterocycles. The Morgan fingerprint density at radius 2 is 2.00 bits per heavy atom. The Balaban J connectivity index is 1.67. The van der Waals surface area contributed by atoms with Crippen molar-refractivity contribution in [2.75, 3.05) is 0 Å². The van der Waals surface area contributed by atoms with Crippen LogP contribution < -0.4 is 5.32 Å². The summed E-state index contributed by atoms with van der Waals surface area (Å²) < 4.78 is 5.15. The Morgan fingerprint density at radius 1 is 1.26 bits per heavy atom. The van der Waals surface area contributed by atoms with Crippen LogP contribution in [0, 0.1) is 0 Å². The molecule has 3 N–H and O–H groups in total. The second-order valence-electron chi connectivity index (χ2n) is 4.87. The van der Waals surface area contributed by atoms with Gasteiger partial charge in [0.15, 0.2) is 12.0 Å². The van der Waals surface area contributed by atoms with E-state index < -0.39 is 6.23 Å². The van der Waals surface area contributed by atoms with Gasteiger partial charge in [-0.05, 0) is 12.8 Å². The average molecular weight is 260 g/mol. The number of aromatic nitrogens is 1. The predicted octanol–water partition coefficient (Wildman–Crippen LogP) is 1.45. The minimum absolute atomic E-state index is 0.135. The van der Waals surface area contributed by atoms with Crippen LogP contribution in [-0.4, -0.2) is 27.5 Å². The third kappa shape index (κ3) is 2.68. The number of benzene rings is 1. The largest absolute Gasteiger partial charge is 0.393 e.